The second-order valence-electron chi connectivity index (χ2n) is 5.90. The SMILES string of the molecule is Cc1cccc(C)c1OC1CN(CCn2cnnc2C)C1.O=CO. The fraction of sp³-hybridized carbons (Fsp3) is 0.471. The number of aromatic nitrogens is 3. The lowest BCUT2D eigenvalue weighted by atomic mass is 10.1. The highest BCUT2D eigenvalue weighted by molar-refractivity contribution is 5.40. The number of hydrogen-bond donors (Lipinski definition) is 1. The van der Waals surface area contributed by atoms with E-state index in [1.807, 2.05) is 6.92 Å². The summed E-state index contributed by atoms with van der Waals surface area (Å²) in [5.41, 5.74) is 2.43. The number of para-hydroxylation sites is 1. The molecular formula is C17H24N4O3. The average molecular weight is 332 g/mol. The predicted molar refractivity (Wildman–Crippen MR) is 90.2 cm³/mol. The Morgan fingerprint density at radius 3 is 2.42 bits per heavy atom. The van der Waals surface area contributed by atoms with E-state index in [9.17, 15) is 0 Å². The number of carbonyl (C=O) groups is 1. The van der Waals surface area contributed by atoms with Gasteiger partial charge in [0.25, 0.3) is 6.47 Å². The first-order chi connectivity index (χ1) is 11.5. The van der Waals surface area contributed by atoms with Crippen LogP contribution in [0.2, 0.25) is 0 Å². The van der Waals surface area contributed by atoms with Gasteiger partial charge in [-0.1, -0.05) is 18.2 Å². The Bertz CT molecular complexity index is 645. The summed E-state index contributed by atoms with van der Waals surface area (Å²) in [5.74, 6) is 2.02. The molecule has 1 aromatic carbocycles. The Kier molecular flexibility index (Phi) is 6.31. The molecule has 0 unspecified atom stereocenters. The number of rotatable bonds is 5. The number of aryl methyl sites for hydroxylation is 3. The molecule has 0 aliphatic carbocycles. The van der Waals surface area contributed by atoms with Crippen LogP contribution < -0.4 is 4.74 Å². The summed E-state index contributed by atoms with van der Waals surface area (Å²) in [6.07, 6.45) is 2.10. The molecule has 1 saturated heterocycles. The molecule has 7 heteroatoms. The first kappa shape index (κ1) is 17.9. The minimum atomic E-state index is -0.250. The van der Waals surface area contributed by atoms with Crippen LogP contribution >= 0.6 is 0 Å². The van der Waals surface area contributed by atoms with E-state index in [2.05, 4.69) is 51.7 Å². The molecule has 24 heavy (non-hydrogen) atoms. The second-order valence-corrected chi connectivity index (χ2v) is 5.90. The minimum absolute atomic E-state index is 0.250. The molecule has 0 radical (unpaired) electrons. The molecule has 3 rings (SSSR count). The summed E-state index contributed by atoms with van der Waals surface area (Å²) in [6, 6.07) is 6.28. The molecule has 0 saturated carbocycles. The van der Waals surface area contributed by atoms with Gasteiger partial charge in [-0.15, -0.1) is 10.2 Å². The van der Waals surface area contributed by atoms with Crippen molar-refractivity contribution in [1.82, 2.24) is 19.7 Å². The van der Waals surface area contributed by atoms with Crippen LogP contribution in [0.15, 0.2) is 24.5 Å². The molecular weight excluding hydrogens is 308 g/mol. The van der Waals surface area contributed by atoms with Crippen molar-refractivity contribution in [1.29, 1.82) is 0 Å². The first-order valence-electron chi connectivity index (χ1n) is 7.92. The van der Waals surface area contributed by atoms with Crippen molar-refractivity contribution in [3.8, 4) is 5.75 Å². The third-order valence-corrected chi connectivity index (χ3v) is 4.08. The van der Waals surface area contributed by atoms with Crippen LogP contribution in [0.4, 0.5) is 0 Å². The number of nitrogens with zero attached hydrogens (tertiary/aromatic N) is 4. The average Bonchev–Trinajstić information content (AvgIpc) is 2.90. The van der Waals surface area contributed by atoms with Gasteiger partial charge in [0, 0.05) is 26.2 Å². The number of hydrogen-bond acceptors (Lipinski definition) is 5. The van der Waals surface area contributed by atoms with Crippen LogP contribution in [0.3, 0.4) is 0 Å². The molecule has 2 aromatic rings. The zero-order valence-electron chi connectivity index (χ0n) is 14.3. The van der Waals surface area contributed by atoms with Crippen molar-refractivity contribution in [2.75, 3.05) is 19.6 Å². The van der Waals surface area contributed by atoms with Gasteiger partial charge in [-0.25, -0.2) is 0 Å². The Morgan fingerprint density at radius 1 is 1.25 bits per heavy atom. The summed E-state index contributed by atoms with van der Waals surface area (Å²) in [5, 5.41) is 14.8. The van der Waals surface area contributed by atoms with Crippen LogP contribution in [0.1, 0.15) is 17.0 Å². The van der Waals surface area contributed by atoms with E-state index >= 15 is 0 Å². The maximum absolute atomic E-state index is 8.36. The van der Waals surface area contributed by atoms with E-state index < -0.39 is 0 Å². The van der Waals surface area contributed by atoms with Gasteiger partial charge in [0.2, 0.25) is 0 Å². The monoisotopic (exact) mass is 332 g/mol. The van der Waals surface area contributed by atoms with Crippen molar-refractivity contribution in [2.24, 2.45) is 0 Å². The van der Waals surface area contributed by atoms with Crippen molar-refractivity contribution in [3.63, 3.8) is 0 Å². The molecule has 1 N–H and O–H groups in total. The molecule has 0 amide bonds. The smallest absolute Gasteiger partial charge is 0.290 e. The molecule has 0 bridgehead atoms. The zero-order chi connectivity index (χ0) is 17.5. The van der Waals surface area contributed by atoms with Crippen molar-refractivity contribution in [2.45, 2.75) is 33.4 Å². The maximum Gasteiger partial charge on any atom is 0.290 e. The lowest BCUT2D eigenvalue weighted by Crippen LogP contribution is -2.54. The number of likely N-dealkylation sites (tertiary alicyclic amines) is 1. The van der Waals surface area contributed by atoms with Crippen LogP contribution in [0.5, 0.6) is 5.75 Å². The van der Waals surface area contributed by atoms with Gasteiger partial charge in [-0.05, 0) is 31.9 Å². The first-order valence-corrected chi connectivity index (χ1v) is 7.92. The van der Waals surface area contributed by atoms with Gasteiger partial charge < -0.3 is 14.4 Å². The van der Waals surface area contributed by atoms with Crippen LogP contribution in [-0.2, 0) is 11.3 Å². The van der Waals surface area contributed by atoms with Crippen molar-refractivity contribution in [3.05, 3.63) is 41.5 Å². The molecule has 7 nitrogen and oxygen atoms in total. The lowest BCUT2D eigenvalue weighted by Gasteiger charge is -2.39. The highest BCUT2D eigenvalue weighted by Gasteiger charge is 2.28. The topological polar surface area (TPSA) is 80.5 Å². The second kappa shape index (κ2) is 8.44. The third kappa shape index (κ3) is 4.55. The normalized spacial score (nSPS) is 14.5. The van der Waals surface area contributed by atoms with Crippen LogP contribution in [0, 0.1) is 20.8 Å². The van der Waals surface area contributed by atoms with E-state index in [-0.39, 0.29) is 6.47 Å². The fourth-order valence-corrected chi connectivity index (χ4v) is 2.71. The molecule has 130 valence electrons. The highest BCUT2D eigenvalue weighted by atomic mass is 16.5. The molecule has 0 atom stereocenters. The Morgan fingerprint density at radius 2 is 1.88 bits per heavy atom. The number of carboxylic acid groups (broad SMARTS) is 1. The molecule has 2 heterocycles. The fourth-order valence-electron chi connectivity index (χ4n) is 2.71. The highest BCUT2D eigenvalue weighted by Crippen LogP contribution is 2.25. The summed E-state index contributed by atoms with van der Waals surface area (Å²) in [6.45, 7) is 9.89. The van der Waals surface area contributed by atoms with Gasteiger partial charge in [-0.2, -0.15) is 0 Å². The van der Waals surface area contributed by atoms with Gasteiger partial charge >= 0.3 is 0 Å². The number of ether oxygens (including phenoxy) is 1. The predicted octanol–water partition coefficient (Wildman–Crippen LogP) is 1.67. The van der Waals surface area contributed by atoms with Gasteiger partial charge in [0.15, 0.2) is 0 Å². The van der Waals surface area contributed by atoms with E-state index in [1.165, 1.54) is 11.1 Å². The molecule has 1 aliphatic heterocycles. The van der Waals surface area contributed by atoms with Crippen LogP contribution in [-0.4, -0.2) is 57.0 Å². The molecule has 1 aliphatic rings. The largest absolute Gasteiger partial charge is 0.487 e. The summed E-state index contributed by atoms with van der Waals surface area (Å²) < 4.78 is 8.21. The van der Waals surface area contributed by atoms with Crippen LogP contribution in [0.25, 0.3) is 0 Å². The Hall–Kier alpha value is -2.41. The third-order valence-electron chi connectivity index (χ3n) is 4.08. The maximum atomic E-state index is 8.36. The number of benzene rings is 1. The standard InChI is InChI=1S/C16H22N4O.CH2O2/c1-12-5-4-6-13(2)16(12)21-15-9-19(10-15)7-8-20-11-17-18-14(20)3;2-1-3/h4-6,11,15H,7-10H2,1-3H3;1H,(H,2,3). The van der Waals surface area contributed by atoms with E-state index in [0.717, 1.165) is 37.8 Å². The Balaban J connectivity index is 0.000000647. The molecule has 1 fully saturated rings. The van der Waals surface area contributed by atoms with Crippen molar-refractivity contribution < 1.29 is 14.6 Å². The van der Waals surface area contributed by atoms with Gasteiger partial charge in [0.05, 0.1) is 0 Å². The Labute approximate surface area is 141 Å². The molecule has 0 spiro atoms. The minimum Gasteiger partial charge on any atom is -0.487 e. The van der Waals surface area contributed by atoms with E-state index in [1.54, 1.807) is 6.33 Å². The van der Waals surface area contributed by atoms with E-state index in [4.69, 9.17) is 14.6 Å². The quantitative estimate of drug-likeness (QED) is 0.839. The van der Waals surface area contributed by atoms with Gasteiger partial charge in [-0.3, -0.25) is 9.69 Å². The zero-order valence-corrected chi connectivity index (χ0v) is 14.3. The van der Waals surface area contributed by atoms with E-state index in [0.29, 0.717) is 6.10 Å². The molecule has 1 aromatic heterocycles. The van der Waals surface area contributed by atoms with Crippen molar-refractivity contribution >= 4 is 6.47 Å². The summed E-state index contributed by atoms with van der Waals surface area (Å²) >= 11 is 0. The summed E-state index contributed by atoms with van der Waals surface area (Å²) in [4.78, 5) is 10.8. The lowest BCUT2D eigenvalue weighted by molar-refractivity contribution is -0.122. The summed E-state index contributed by atoms with van der Waals surface area (Å²) in [7, 11) is 0. The van der Waals surface area contributed by atoms with Gasteiger partial charge in [0.1, 0.15) is 24.0 Å².